The first-order chi connectivity index (χ1) is 8.63. The molecule has 0 aromatic heterocycles. The van der Waals surface area contributed by atoms with E-state index in [-0.39, 0.29) is 29.8 Å². The SMILES string of the molecule is Nc1cc(F)ccc1C(=O)NC1CC2CCC1O2. The van der Waals surface area contributed by atoms with Crippen molar-refractivity contribution in [3.05, 3.63) is 29.6 Å². The Kier molecular flexibility index (Phi) is 2.70. The maximum Gasteiger partial charge on any atom is 0.253 e. The predicted molar refractivity (Wildman–Crippen MR) is 64.6 cm³/mol. The van der Waals surface area contributed by atoms with Crippen molar-refractivity contribution in [1.82, 2.24) is 5.32 Å². The van der Waals surface area contributed by atoms with E-state index in [2.05, 4.69) is 5.32 Å². The van der Waals surface area contributed by atoms with E-state index in [4.69, 9.17) is 10.5 Å². The van der Waals surface area contributed by atoms with Crippen molar-refractivity contribution >= 4 is 11.6 Å². The van der Waals surface area contributed by atoms with Crippen molar-refractivity contribution in [2.45, 2.75) is 37.5 Å². The molecule has 1 aromatic rings. The van der Waals surface area contributed by atoms with Gasteiger partial charge in [0.2, 0.25) is 0 Å². The molecule has 4 nitrogen and oxygen atoms in total. The zero-order valence-electron chi connectivity index (χ0n) is 9.86. The first-order valence-electron chi connectivity index (χ1n) is 6.15. The van der Waals surface area contributed by atoms with Gasteiger partial charge in [0.15, 0.2) is 0 Å². The molecule has 1 aromatic carbocycles. The van der Waals surface area contributed by atoms with Gasteiger partial charge in [-0.15, -0.1) is 0 Å². The Morgan fingerprint density at radius 1 is 1.44 bits per heavy atom. The molecule has 0 spiro atoms. The Hall–Kier alpha value is -1.62. The summed E-state index contributed by atoms with van der Waals surface area (Å²) in [5, 5.41) is 2.92. The Labute approximate surface area is 104 Å². The third-order valence-electron chi connectivity index (χ3n) is 3.68. The van der Waals surface area contributed by atoms with Gasteiger partial charge in [-0.25, -0.2) is 4.39 Å². The zero-order valence-corrected chi connectivity index (χ0v) is 9.86. The molecule has 2 aliphatic rings. The van der Waals surface area contributed by atoms with E-state index < -0.39 is 5.82 Å². The van der Waals surface area contributed by atoms with Gasteiger partial charge in [-0.1, -0.05) is 0 Å². The summed E-state index contributed by atoms with van der Waals surface area (Å²) in [6, 6.07) is 3.86. The lowest BCUT2D eigenvalue weighted by Crippen LogP contribution is -2.41. The fourth-order valence-electron chi connectivity index (χ4n) is 2.78. The Balaban J connectivity index is 1.71. The van der Waals surface area contributed by atoms with Gasteiger partial charge in [-0.3, -0.25) is 4.79 Å². The fraction of sp³-hybridized carbons (Fsp3) is 0.462. The van der Waals surface area contributed by atoms with E-state index >= 15 is 0 Å². The number of carbonyl (C=O) groups is 1. The summed E-state index contributed by atoms with van der Waals surface area (Å²) in [7, 11) is 0. The molecule has 2 saturated heterocycles. The second kappa shape index (κ2) is 4.24. The maximum absolute atomic E-state index is 12.9. The Bertz CT molecular complexity index is 492. The number of ether oxygens (including phenoxy) is 1. The molecule has 96 valence electrons. The number of nitrogens with one attached hydrogen (secondary N) is 1. The molecule has 5 heteroatoms. The molecule has 3 N–H and O–H groups in total. The minimum atomic E-state index is -0.438. The smallest absolute Gasteiger partial charge is 0.253 e. The van der Waals surface area contributed by atoms with Crippen LogP contribution in [0.3, 0.4) is 0 Å². The van der Waals surface area contributed by atoms with E-state index in [1.54, 1.807) is 0 Å². The number of amides is 1. The molecule has 2 bridgehead atoms. The van der Waals surface area contributed by atoms with Gasteiger partial charge in [0.1, 0.15) is 5.82 Å². The number of nitrogens with two attached hydrogens (primary N) is 1. The highest BCUT2D eigenvalue weighted by atomic mass is 19.1. The second-order valence-electron chi connectivity index (χ2n) is 4.92. The van der Waals surface area contributed by atoms with Crippen LogP contribution in [0.15, 0.2) is 18.2 Å². The quantitative estimate of drug-likeness (QED) is 0.781. The average molecular weight is 250 g/mol. The van der Waals surface area contributed by atoms with Gasteiger partial charge in [-0.05, 0) is 37.5 Å². The number of anilines is 1. The van der Waals surface area contributed by atoms with Crippen molar-refractivity contribution in [3.63, 3.8) is 0 Å². The van der Waals surface area contributed by atoms with Crippen LogP contribution in [0.5, 0.6) is 0 Å². The minimum absolute atomic E-state index is 0.0562. The van der Waals surface area contributed by atoms with Crippen LogP contribution in [-0.4, -0.2) is 24.2 Å². The number of rotatable bonds is 2. The molecule has 2 heterocycles. The molecule has 0 saturated carbocycles. The first-order valence-corrected chi connectivity index (χ1v) is 6.15. The summed E-state index contributed by atoms with van der Waals surface area (Å²) >= 11 is 0. The molecule has 0 radical (unpaired) electrons. The number of benzene rings is 1. The van der Waals surface area contributed by atoms with E-state index in [1.165, 1.54) is 12.1 Å². The number of nitrogen functional groups attached to an aromatic ring is 1. The predicted octanol–water partition coefficient (Wildman–Crippen LogP) is 1.46. The zero-order chi connectivity index (χ0) is 12.7. The molecule has 18 heavy (non-hydrogen) atoms. The van der Waals surface area contributed by atoms with Crippen molar-refractivity contribution in [2.75, 3.05) is 5.73 Å². The van der Waals surface area contributed by atoms with Gasteiger partial charge in [0.25, 0.3) is 5.91 Å². The molecule has 3 unspecified atom stereocenters. The van der Waals surface area contributed by atoms with Gasteiger partial charge in [0, 0.05) is 5.69 Å². The van der Waals surface area contributed by atoms with Crippen molar-refractivity contribution in [2.24, 2.45) is 0 Å². The Morgan fingerprint density at radius 2 is 2.28 bits per heavy atom. The van der Waals surface area contributed by atoms with Crippen molar-refractivity contribution < 1.29 is 13.9 Å². The minimum Gasteiger partial charge on any atom is -0.398 e. The number of hydrogen-bond acceptors (Lipinski definition) is 3. The normalized spacial score (nSPS) is 29.5. The standard InChI is InChI=1S/C13H15FN2O2/c14-7-1-3-9(10(15)5-7)13(17)16-11-6-8-2-4-12(11)18-8/h1,3,5,8,11-12H,2,4,6,15H2,(H,16,17). The van der Waals surface area contributed by atoms with E-state index in [1.807, 2.05) is 0 Å². The van der Waals surface area contributed by atoms with Crippen LogP contribution in [-0.2, 0) is 4.74 Å². The molecule has 0 aliphatic carbocycles. The second-order valence-corrected chi connectivity index (χ2v) is 4.92. The van der Waals surface area contributed by atoms with Gasteiger partial charge in [-0.2, -0.15) is 0 Å². The van der Waals surface area contributed by atoms with Crippen LogP contribution < -0.4 is 11.1 Å². The highest BCUT2D eigenvalue weighted by molar-refractivity contribution is 5.99. The van der Waals surface area contributed by atoms with E-state index in [0.29, 0.717) is 5.56 Å². The summed E-state index contributed by atoms with van der Waals surface area (Å²) in [5.74, 6) is -0.694. The summed E-state index contributed by atoms with van der Waals surface area (Å²) in [4.78, 5) is 12.0. The molecule has 3 rings (SSSR count). The van der Waals surface area contributed by atoms with Gasteiger partial charge < -0.3 is 15.8 Å². The molecule has 2 aliphatic heterocycles. The molecule has 1 amide bonds. The largest absolute Gasteiger partial charge is 0.398 e. The van der Waals surface area contributed by atoms with Crippen LogP contribution in [0.2, 0.25) is 0 Å². The molecular weight excluding hydrogens is 235 g/mol. The highest BCUT2D eigenvalue weighted by Gasteiger charge is 2.41. The molecular formula is C13H15FN2O2. The number of halogens is 1. The topological polar surface area (TPSA) is 64.4 Å². The number of carbonyl (C=O) groups excluding carboxylic acids is 1. The monoisotopic (exact) mass is 250 g/mol. The lowest BCUT2D eigenvalue weighted by molar-refractivity contribution is 0.0841. The van der Waals surface area contributed by atoms with Crippen LogP contribution in [0.4, 0.5) is 10.1 Å². The van der Waals surface area contributed by atoms with Crippen LogP contribution >= 0.6 is 0 Å². The average Bonchev–Trinajstić information content (AvgIpc) is 2.90. The van der Waals surface area contributed by atoms with Crippen molar-refractivity contribution in [3.8, 4) is 0 Å². The third-order valence-corrected chi connectivity index (χ3v) is 3.68. The molecule has 3 atom stereocenters. The number of hydrogen-bond donors (Lipinski definition) is 2. The maximum atomic E-state index is 12.9. The summed E-state index contributed by atoms with van der Waals surface area (Å²) in [6.45, 7) is 0. The van der Waals surface area contributed by atoms with E-state index in [0.717, 1.165) is 25.3 Å². The summed E-state index contributed by atoms with van der Waals surface area (Å²) in [6.07, 6.45) is 3.34. The summed E-state index contributed by atoms with van der Waals surface area (Å²) in [5.41, 5.74) is 6.12. The van der Waals surface area contributed by atoms with Crippen LogP contribution in [0.25, 0.3) is 0 Å². The lowest BCUT2D eigenvalue weighted by atomic mass is 9.95. The van der Waals surface area contributed by atoms with Crippen LogP contribution in [0, 0.1) is 5.82 Å². The van der Waals surface area contributed by atoms with Crippen LogP contribution in [0.1, 0.15) is 29.6 Å². The fourth-order valence-corrected chi connectivity index (χ4v) is 2.78. The lowest BCUT2D eigenvalue weighted by Gasteiger charge is -2.20. The summed E-state index contributed by atoms with van der Waals surface area (Å²) < 4.78 is 18.6. The van der Waals surface area contributed by atoms with Gasteiger partial charge in [0.05, 0.1) is 23.8 Å². The Morgan fingerprint density at radius 3 is 2.89 bits per heavy atom. The van der Waals surface area contributed by atoms with Gasteiger partial charge >= 0.3 is 0 Å². The van der Waals surface area contributed by atoms with E-state index in [9.17, 15) is 9.18 Å². The number of fused-ring (bicyclic) bond motifs is 2. The molecule has 2 fully saturated rings. The highest BCUT2D eigenvalue weighted by Crippen LogP contribution is 2.34. The van der Waals surface area contributed by atoms with Crippen molar-refractivity contribution in [1.29, 1.82) is 0 Å². The third kappa shape index (κ3) is 1.95. The first kappa shape index (κ1) is 11.5.